The molecular formula is C14H16ClN2O4PS. The summed E-state index contributed by atoms with van der Waals surface area (Å²) < 4.78 is 21.8. The standard InChI is InChI=1S/C14H16ClN2O4PS/c1-3-18-22(23,19-4-2)21-14-10-9-13(16-17-14)20-12-7-5-11(15)6-8-12/h5-10H,3-4H2,1-2H3. The first-order chi connectivity index (χ1) is 11.0. The summed E-state index contributed by atoms with van der Waals surface area (Å²) >= 11 is 11.1. The Morgan fingerprint density at radius 1 is 0.957 bits per heavy atom. The molecule has 0 bridgehead atoms. The fourth-order valence-electron chi connectivity index (χ4n) is 1.56. The molecule has 0 radical (unpaired) electrons. The molecule has 0 spiro atoms. The quantitative estimate of drug-likeness (QED) is 0.626. The Hall–Kier alpha value is -1.24. The minimum Gasteiger partial charge on any atom is -0.438 e. The summed E-state index contributed by atoms with van der Waals surface area (Å²) in [6.07, 6.45) is 0. The van der Waals surface area contributed by atoms with Gasteiger partial charge in [-0.05, 0) is 38.1 Å². The van der Waals surface area contributed by atoms with Gasteiger partial charge < -0.3 is 9.26 Å². The van der Waals surface area contributed by atoms with Gasteiger partial charge in [0, 0.05) is 29.0 Å². The molecule has 0 fully saturated rings. The number of hydrogen-bond acceptors (Lipinski definition) is 7. The number of benzene rings is 1. The Bertz CT molecular complexity index is 659. The normalized spacial score (nSPS) is 11.3. The molecule has 6 nitrogen and oxygen atoms in total. The van der Waals surface area contributed by atoms with Gasteiger partial charge in [0.25, 0.3) is 0 Å². The molecule has 23 heavy (non-hydrogen) atoms. The summed E-state index contributed by atoms with van der Waals surface area (Å²) in [5.74, 6) is 1.14. The smallest absolute Gasteiger partial charge is 0.381 e. The van der Waals surface area contributed by atoms with Crippen molar-refractivity contribution in [1.82, 2.24) is 10.2 Å². The van der Waals surface area contributed by atoms with Gasteiger partial charge in [0.15, 0.2) is 0 Å². The van der Waals surface area contributed by atoms with Crippen LogP contribution in [0.4, 0.5) is 0 Å². The Kier molecular flexibility index (Phi) is 6.74. The molecule has 1 aromatic heterocycles. The van der Waals surface area contributed by atoms with Crippen LogP contribution in [0.15, 0.2) is 36.4 Å². The SMILES string of the molecule is CCOP(=S)(OCC)Oc1ccc(Oc2ccc(Cl)cc2)nn1. The van der Waals surface area contributed by atoms with Crippen molar-refractivity contribution in [3.63, 3.8) is 0 Å². The van der Waals surface area contributed by atoms with Crippen molar-refractivity contribution in [2.75, 3.05) is 13.2 Å². The molecule has 0 saturated heterocycles. The Morgan fingerprint density at radius 3 is 2.04 bits per heavy atom. The fraction of sp³-hybridized carbons (Fsp3) is 0.286. The molecule has 0 aliphatic rings. The van der Waals surface area contributed by atoms with Crippen LogP contribution in [0.3, 0.4) is 0 Å². The van der Waals surface area contributed by atoms with Gasteiger partial charge in [-0.15, -0.1) is 10.2 Å². The maximum atomic E-state index is 5.82. The molecule has 2 aromatic rings. The van der Waals surface area contributed by atoms with E-state index in [1.54, 1.807) is 36.4 Å². The van der Waals surface area contributed by atoms with E-state index in [4.69, 9.17) is 41.7 Å². The van der Waals surface area contributed by atoms with Gasteiger partial charge in [-0.2, -0.15) is 0 Å². The van der Waals surface area contributed by atoms with Gasteiger partial charge in [-0.3, -0.25) is 9.05 Å². The van der Waals surface area contributed by atoms with E-state index in [-0.39, 0.29) is 5.88 Å². The third kappa shape index (κ3) is 5.71. The van der Waals surface area contributed by atoms with Gasteiger partial charge in [0.1, 0.15) is 5.75 Å². The van der Waals surface area contributed by atoms with E-state index in [2.05, 4.69) is 10.2 Å². The number of nitrogens with zero attached hydrogens (tertiary/aromatic N) is 2. The molecule has 2 rings (SSSR count). The highest BCUT2D eigenvalue weighted by Gasteiger charge is 2.22. The summed E-state index contributed by atoms with van der Waals surface area (Å²) in [4.78, 5) is 0. The second kappa shape index (κ2) is 8.57. The maximum Gasteiger partial charge on any atom is 0.381 e. The van der Waals surface area contributed by atoms with Gasteiger partial charge in [0.2, 0.25) is 11.8 Å². The molecule has 1 aromatic carbocycles. The lowest BCUT2D eigenvalue weighted by molar-refractivity contribution is 0.215. The van der Waals surface area contributed by atoms with Crippen molar-refractivity contribution in [1.29, 1.82) is 0 Å². The molecule has 9 heteroatoms. The van der Waals surface area contributed by atoms with E-state index in [1.807, 2.05) is 13.8 Å². The van der Waals surface area contributed by atoms with E-state index in [1.165, 1.54) is 0 Å². The molecule has 124 valence electrons. The summed E-state index contributed by atoms with van der Waals surface area (Å²) in [5, 5.41) is 8.48. The fourth-order valence-corrected chi connectivity index (χ4v) is 3.68. The van der Waals surface area contributed by atoms with Crippen LogP contribution in [-0.2, 0) is 20.9 Å². The summed E-state index contributed by atoms with van der Waals surface area (Å²) in [7, 11) is 0. The zero-order valence-electron chi connectivity index (χ0n) is 12.6. The second-order valence-electron chi connectivity index (χ2n) is 4.14. The van der Waals surface area contributed by atoms with Crippen LogP contribution in [0.25, 0.3) is 0 Å². The number of hydrogen-bond donors (Lipinski definition) is 0. The van der Waals surface area contributed by atoms with Crippen molar-refractivity contribution in [3.8, 4) is 17.5 Å². The van der Waals surface area contributed by atoms with Crippen molar-refractivity contribution in [2.45, 2.75) is 13.8 Å². The minimum atomic E-state index is -2.85. The van der Waals surface area contributed by atoms with E-state index in [9.17, 15) is 0 Å². The lowest BCUT2D eigenvalue weighted by Crippen LogP contribution is -2.03. The summed E-state index contributed by atoms with van der Waals surface area (Å²) in [6.45, 7) is 1.56. The molecule has 0 atom stereocenters. The average molecular weight is 375 g/mol. The van der Waals surface area contributed by atoms with Crippen LogP contribution in [0, 0.1) is 0 Å². The molecular weight excluding hydrogens is 359 g/mol. The predicted octanol–water partition coefficient (Wildman–Crippen LogP) is 4.60. The lowest BCUT2D eigenvalue weighted by Gasteiger charge is -2.19. The van der Waals surface area contributed by atoms with E-state index in [0.717, 1.165) is 0 Å². The molecule has 0 aliphatic carbocycles. The Balaban J connectivity index is 2.03. The average Bonchev–Trinajstić information content (AvgIpc) is 2.52. The monoisotopic (exact) mass is 374 g/mol. The zero-order chi connectivity index (χ0) is 16.7. The van der Waals surface area contributed by atoms with Crippen molar-refractivity contribution in [3.05, 3.63) is 41.4 Å². The Morgan fingerprint density at radius 2 is 1.52 bits per heavy atom. The molecule has 0 aliphatic heterocycles. The van der Waals surface area contributed by atoms with Crippen LogP contribution >= 0.6 is 18.3 Å². The number of halogens is 1. The second-order valence-corrected chi connectivity index (χ2v) is 7.51. The number of rotatable bonds is 8. The predicted molar refractivity (Wildman–Crippen MR) is 91.7 cm³/mol. The third-order valence-electron chi connectivity index (χ3n) is 2.43. The molecule has 0 N–H and O–H groups in total. The first-order valence-electron chi connectivity index (χ1n) is 6.90. The topological polar surface area (TPSA) is 62.7 Å². The van der Waals surface area contributed by atoms with Crippen LogP contribution in [0.5, 0.6) is 17.5 Å². The molecule has 1 heterocycles. The van der Waals surface area contributed by atoms with Gasteiger partial charge in [0.05, 0.1) is 13.2 Å². The third-order valence-corrected chi connectivity index (χ3v) is 5.10. The molecule has 0 saturated carbocycles. The zero-order valence-corrected chi connectivity index (χ0v) is 15.1. The lowest BCUT2D eigenvalue weighted by atomic mass is 10.3. The van der Waals surface area contributed by atoms with Crippen LogP contribution < -0.4 is 9.26 Å². The van der Waals surface area contributed by atoms with Gasteiger partial charge >= 0.3 is 6.72 Å². The van der Waals surface area contributed by atoms with Crippen LogP contribution in [0.1, 0.15) is 13.8 Å². The largest absolute Gasteiger partial charge is 0.438 e. The van der Waals surface area contributed by atoms with Crippen LogP contribution in [-0.4, -0.2) is 23.4 Å². The highest BCUT2D eigenvalue weighted by molar-refractivity contribution is 8.07. The van der Waals surface area contributed by atoms with E-state index in [0.29, 0.717) is 29.9 Å². The van der Waals surface area contributed by atoms with E-state index < -0.39 is 6.72 Å². The van der Waals surface area contributed by atoms with E-state index >= 15 is 0 Å². The van der Waals surface area contributed by atoms with Gasteiger partial charge in [-0.1, -0.05) is 11.6 Å². The molecule has 0 amide bonds. The minimum absolute atomic E-state index is 0.221. The first kappa shape index (κ1) is 18.1. The van der Waals surface area contributed by atoms with Crippen molar-refractivity contribution >= 4 is 30.1 Å². The summed E-state index contributed by atoms with van der Waals surface area (Å²) in [6, 6.07) is 10.1. The molecule has 0 unspecified atom stereocenters. The van der Waals surface area contributed by atoms with Gasteiger partial charge in [-0.25, -0.2) is 0 Å². The number of aromatic nitrogens is 2. The maximum absolute atomic E-state index is 5.82. The summed E-state index contributed by atoms with van der Waals surface area (Å²) in [5.41, 5.74) is 0. The van der Waals surface area contributed by atoms with Crippen molar-refractivity contribution < 1.29 is 18.3 Å². The Labute approximate surface area is 144 Å². The highest BCUT2D eigenvalue weighted by atomic mass is 35.5. The highest BCUT2D eigenvalue weighted by Crippen LogP contribution is 2.49. The number of ether oxygens (including phenoxy) is 1. The van der Waals surface area contributed by atoms with Crippen LogP contribution in [0.2, 0.25) is 5.02 Å². The van der Waals surface area contributed by atoms with Crippen molar-refractivity contribution in [2.24, 2.45) is 0 Å². The first-order valence-corrected chi connectivity index (χ1v) is 9.84.